The standard InChI is InChI=1S/C10H19NO8/c1-11(2)3-6(13)19-4-5(12)7(14)8(15)9(16)10(17)18/h5,7-9,12,14-16H,3-4H2,1-2H3,(H,17,18)/t5-,7-,8+,9+/m1/s1. The maximum Gasteiger partial charge on any atom is 0.361 e. The number of carboxylic acids is 1. The predicted molar refractivity (Wildman–Crippen MR) is 57.7 cm³/mol. The minimum absolute atomic E-state index is 0.0348. The molecule has 0 aliphatic heterocycles. The van der Waals surface area contributed by atoms with Gasteiger partial charge >= 0.3 is 5.97 Å². The van der Waals surface area contributed by atoms with Crippen LogP contribution in [0, 0.1) is 0 Å². The Balaban J connectivity index is 4.23. The maximum absolute atomic E-state index is 11.1. The number of nitrogens with one attached hydrogen (secondary N) is 1. The van der Waals surface area contributed by atoms with Gasteiger partial charge < -0.3 is 40.0 Å². The number of esters is 1. The summed E-state index contributed by atoms with van der Waals surface area (Å²) in [6.07, 6.45) is -8.23. The molecule has 112 valence electrons. The topological polar surface area (TPSA) is 152 Å². The first-order chi connectivity index (χ1) is 8.66. The van der Waals surface area contributed by atoms with Crippen molar-refractivity contribution in [3.8, 4) is 0 Å². The molecule has 0 radical (unpaired) electrons. The van der Waals surface area contributed by atoms with Gasteiger partial charge in [0.2, 0.25) is 0 Å². The minimum Gasteiger partial charge on any atom is -0.547 e. The molecule has 0 saturated heterocycles. The first-order valence-corrected chi connectivity index (χ1v) is 5.54. The lowest BCUT2D eigenvalue weighted by Gasteiger charge is -2.26. The number of rotatable bonds is 8. The largest absolute Gasteiger partial charge is 0.547 e. The van der Waals surface area contributed by atoms with Crippen LogP contribution in [0.3, 0.4) is 0 Å². The highest BCUT2D eigenvalue weighted by molar-refractivity contribution is 5.70. The van der Waals surface area contributed by atoms with E-state index in [9.17, 15) is 30.0 Å². The Morgan fingerprint density at radius 3 is 2.11 bits per heavy atom. The van der Waals surface area contributed by atoms with E-state index >= 15 is 0 Å². The summed E-state index contributed by atoms with van der Waals surface area (Å²) in [5.41, 5.74) is 0. The Labute approximate surface area is 109 Å². The minimum atomic E-state index is -2.36. The van der Waals surface area contributed by atoms with Gasteiger partial charge in [-0.25, -0.2) is 4.79 Å². The number of hydrogen-bond donors (Lipinski definition) is 5. The van der Waals surface area contributed by atoms with E-state index in [0.29, 0.717) is 0 Å². The van der Waals surface area contributed by atoms with E-state index in [2.05, 4.69) is 4.74 Å². The zero-order valence-corrected chi connectivity index (χ0v) is 10.6. The Bertz CT molecular complexity index is 308. The third-order valence-corrected chi connectivity index (χ3v) is 2.22. The summed E-state index contributed by atoms with van der Waals surface area (Å²) in [4.78, 5) is 22.2. The SMILES string of the molecule is C[NH+](C)CC(=O)OC[C@@H](O)[C@@H](O)[C@H](O)[C@H](O)C(=O)[O-]. The predicted octanol–water partition coefficient (Wildman–Crippen LogP) is -6.13. The van der Waals surface area contributed by atoms with E-state index < -0.39 is 43.0 Å². The summed E-state index contributed by atoms with van der Waals surface area (Å²) in [5, 5.41) is 47.1. The molecule has 0 bridgehead atoms. The number of carboxylic acid groups (broad SMARTS) is 1. The van der Waals surface area contributed by atoms with Gasteiger partial charge in [-0.15, -0.1) is 0 Å². The van der Waals surface area contributed by atoms with Crippen molar-refractivity contribution in [3.05, 3.63) is 0 Å². The van der Waals surface area contributed by atoms with Crippen LogP contribution in [0.1, 0.15) is 0 Å². The third-order valence-electron chi connectivity index (χ3n) is 2.22. The number of aliphatic carboxylic acids is 1. The molecule has 0 unspecified atom stereocenters. The molecule has 0 aliphatic carbocycles. The normalized spacial score (nSPS) is 17.6. The Kier molecular flexibility index (Phi) is 7.49. The highest BCUT2D eigenvalue weighted by atomic mass is 16.5. The van der Waals surface area contributed by atoms with Crippen molar-refractivity contribution in [2.75, 3.05) is 27.2 Å². The molecule has 0 aromatic carbocycles. The molecule has 19 heavy (non-hydrogen) atoms. The number of aliphatic hydroxyl groups is 4. The van der Waals surface area contributed by atoms with E-state index in [1.54, 1.807) is 14.1 Å². The second-order valence-corrected chi connectivity index (χ2v) is 4.38. The van der Waals surface area contributed by atoms with Crippen molar-refractivity contribution < 1.29 is 44.8 Å². The van der Waals surface area contributed by atoms with Crippen LogP contribution >= 0.6 is 0 Å². The number of carbonyl (C=O) groups excluding carboxylic acids is 2. The van der Waals surface area contributed by atoms with E-state index in [0.717, 1.165) is 4.90 Å². The van der Waals surface area contributed by atoms with Crippen LogP contribution in [0.25, 0.3) is 0 Å². The molecule has 5 N–H and O–H groups in total. The quantitative estimate of drug-likeness (QED) is 0.276. The first-order valence-electron chi connectivity index (χ1n) is 5.54. The van der Waals surface area contributed by atoms with Crippen LogP contribution in [0.2, 0.25) is 0 Å². The first kappa shape index (κ1) is 17.7. The van der Waals surface area contributed by atoms with Crippen molar-refractivity contribution in [1.29, 1.82) is 0 Å². The van der Waals surface area contributed by atoms with Crippen molar-refractivity contribution in [2.24, 2.45) is 0 Å². The lowest BCUT2D eigenvalue weighted by Crippen LogP contribution is -3.06. The molecule has 0 rings (SSSR count). The summed E-state index contributed by atoms with van der Waals surface area (Å²) in [7, 11) is 3.40. The van der Waals surface area contributed by atoms with E-state index in [-0.39, 0.29) is 6.54 Å². The smallest absolute Gasteiger partial charge is 0.361 e. The molecule has 4 atom stereocenters. The molecule has 0 spiro atoms. The number of quaternary nitrogens is 1. The molecule has 9 heteroatoms. The Morgan fingerprint density at radius 1 is 1.16 bits per heavy atom. The van der Waals surface area contributed by atoms with Crippen LogP contribution in [-0.2, 0) is 14.3 Å². The fourth-order valence-corrected chi connectivity index (χ4v) is 1.17. The maximum atomic E-state index is 11.1. The highest BCUT2D eigenvalue weighted by Gasteiger charge is 2.31. The molecular weight excluding hydrogens is 262 g/mol. The van der Waals surface area contributed by atoms with Gasteiger partial charge in [0.15, 0.2) is 6.54 Å². The monoisotopic (exact) mass is 281 g/mol. The summed E-state index contributed by atoms with van der Waals surface area (Å²) in [6, 6.07) is 0. The van der Waals surface area contributed by atoms with Gasteiger partial charge in [-0.3, -0.25) is 0 Å². The van der Waals surface area contributed by atoms with Gasteiger partial charge in [-0.05, 0) is 0 Å². The van der Waals surface area contributed by atoms with E-state index in [1.165, 1.54) is 0 Å². The number of carbonyl (C=O) groups is 2. The average molecular weight is 281 g/mol. The van der Waals surface area contributed by atoms with Crippen molar-refractivity contribution in [2.45, 2.75) is 24.4 Å². The lowest BCUT2D eigenvalue weighted by molar-refractivity contribution is -0.850. The van der Waals surface area contributed by atoms with Crippen LogP contribution in [-0.4, -0.2) is 84.0 Å². The fourth-order valence-electron chi connectivity index (χ4n) is 1.17. The molecule has 0 aromatic heterocycles. The number of ether oxygens (including phenoxy) is 1. The zero-order valence-electron chi connectivity index (χ0n) is 10.6. The van der Waals surface area contributed by atoms with Crippen molar-refractivity contribution >= 4 is 11.9 Å². The van der Waals surface area contributed by atoms with Gasteiger partial charge in [-0.1, -0.05) is 0 Å². The van der Waals surface area contributed by atoms with Crippen molar-refractivity contribution in [1.82, 2.24) is 0 Å². The van der Waals surface area contributed by atoms with Crippen LogP contribution in [0.5, 0.6) is 0 Å². The summed E-state index contributed by atoms with van der Waals surface area (Å²) < 4.78 is 4.60. The van der Waals surface area contributed by atoms with Crippen LogP contribution < -0.4 is 10.0 Å². The molecular formula is C10H19NO8. The van der Waals surface area contributed by atoms with E-state index in [1.807, 2.05) is 0 Å². The van der Waals surface area contributed by atoms with Gasteiger partial charge in [0, 0.05) is 0 Å². The summed E-state index contributed by atoms with van der Waals surface area (Å²) >= 11 is 0. The van der Waals surface area contributed by atoms with Gasteiger partial charge in [-0.2, -0.15) is 0 Å². The van der Waals surface area contributed by atoms with Crippen molar-refractivity contribution in [3.63, 3.8) is 0 Å². The van der Waals surface area contributed by atoms with Gasteiger partial charge in [0.25, 0.3) is 0 Å². The summed E-state index contributed by atoms with van der Waals surface area (Å²) in [6.45, 7) is -0.600. The van der Waals surface area contributed by atoms with Crippen LogP contribution in [0.4, 0.5) is 0 Å². The second-order valence-electron chi connectivity index (χ2n) is 4.38. The lowest BCUT2D eigenvalue weighted by atomic mass is 10.0. The number of hydrogen-bond acceptors (Lipinski definition) is 8. The molecule has 0 aliphatic rings. The molecule has 0 amide bonds. The fraction of sp³-hybridized carbons (Fsp3) is 0.800. The highest BCUT2D eigenvalue weighted by Crippen LogP contribution is 2.05. The molecule has 0 aromatic rings. The molecule has 0 heterocycles. The Hall–Kier alpha value is -1.26. The van der Waals surface area contributed by atoms with E-state index in [4.69, 9.17) is 5.11 Å². The third kappa shape index (κ3) is 6.45. The molecule has 9 nitrogen and oxygen atoms in total. The average Bonchev–Trinajstić information content (AvgIpc) is 2.32. The molecule has 0 saturated carbocycles. The van der Waals surface area contributed by atoms with Gasteiger partial charge in [0.05, 0.1) is 20.1 Å². The zero-order chi connectivity index (χ0) is 15.2. The second kappa shape index (κ2) is 8.02. The Morgan fingerprint density at radius 2 is 1.68 bits per heavy atom. The van der Waals surface area contributed by atoms with Gasteiger partial charge in [0.1, 0.15) is 31.0 Å². The number of aliphatic hydroxyl groups excluding tert-OH is 4. The summed E-state index contributed by atoms with van der Waals surface area (Å²) in [5.74, 6) is -2.63. The van der Waals surface area contributed by atoms with Crippen LogP contribution in [0.15, 0.2) is 0 Å². The number of likely N-dealkylation sites (N-methyl/N-ethyl adjacent to an activating group) is 1. The molecule has 0 fully saturated rings.